The highest BCUT2D eigenvalue weighted by Gasteiger charge is 2.17. The van der Waals surface area contributed by atoms with E-state index in [0.29, 0.717) is 28.6 Å². The fourth-order valence-corrected chi connectivity index (χ4v) is 4.21. The Morgan fingerprint density at radius 3 is 2.55 bits per heavy atom. The molecule has 0 unspecified atom stereocenters. The van der Waals surface area contributed by atoms with Gasteiger partial charge in [0.2, 0.25) is 4.80 Å². The largest absolute Gasteiger partial charge is 0.493 e. The Bertz CT molecular complexity index is 1060. The Morgan fingerprint density at radius 2 is 1.93 bits per heavy atom. The fraction of sp³-hybridized carbons (Fsp3) is 0.263. The van der Waals surface area contributed by atoms with E-state index in [9.17, 15) is 0 Å². The molecular formula is C19H22N6O2S2. The Balaban J connectivity index is 1.94. The van der Waals surface area contributed by atoms with Crippen molar-refractivity contribution in [1.82, 2.24) is 19.1 Å². The maximum absolute atomic E-state index is 8.56. The van der Waals surface area contributed by atoms with Crippen molar-refractivity contribution in [3.63, 3.8) is 0 Å². The molecule has 10 heteroatoms. The quantitative estimate of drug-likeness (QED) is 0.339. The van der Waals surface area contributed by atoms with Gasteiger partial charge in [0.15, 0.2) is 16.5 Å². The average molecular weight is 431 g/mol. The first kappa shape index (κ1) is 21.0. The summed E-state index contributed by atoms with van der Waals surface area (Å²) >= 11 is 2.73. The average Bonchev–Trinajstić information content (AvgIpc) is 3.11. The van der Waals surface area contributed by atoms with E-state index < -0.39 is 0 Å². The molecule has 0 aliphatic heterocycles. The lowest BCUT2D eigenvalue weighted by Gasteiger charge is -2.17. The molecule has 0 atom stereocenters. The van der Waals surface area contributed by atoms with Crippen molar-refractivity contribution in [3.05, 3.63) is 46.9 Å². The lowest BCUT2D eigenvalue weighted by molar-refractivity contribution is 0.353. The Morgan fingerprint density at radius 1 is 1.21 bits per heavy atom. The van der Waals surface area contributed by atoms with Crippen molar-refractivity contribution in [1.29, 1.82) is 10.8 Å². The second-order valence-corrected chi connectivity index (χ2v) is 8.51. The first-order chi connectivity index (χ1) is 13.9. The van der Waals surface area contributed by atoms with Gasteiger partial charge in [-0.1, -0.05) is 17.4 Å². The minimum Gasteiger partial charge on any atom is -0.493 e. The molecule has 2 aromatic heterocycles. The van der Waals surface area contributed by atoms with Crippen molar-refractivity contribution in [3.8, 4) is 22.2 Å². The van der Waals surface area contributed by atoms with Crippen LogP contribution in [-0.4, -0.2) is 53.2 Å². The molecule has 0 aliphatic carbocycles. The van der Waals surface area contributed by atoms with E-state index in [1.54, 1.807) is 20.4 Å². The number of methoxy groups -OCH3 is 2. The van der Waals surface area contributed by atoms with Gasteiger partial charge in [-0.05, 0) is 55.9 Å². The highest BCUT2D eigenvalue weighted by atomic mass is 32.2. The van der Waals surface area contributed by atoms with Gasteiger partial charge in [0, 0.05) is 17.5 Å². The van der Waals surface area contributed by atoms with Crippen molar-refractivity contribution in [2.24, 2.45) is 0 Å². The molecule has 29 heavy (non-hydrogen) atoms. The number of ether oxygens (including phenoxy) is 2. The van der Waals surface area contributed by atoms with Crippen molar-refractivity contribution in [2.45, 2.75) is 11.3 Å². The van der Waals surface area contributed by atoms with E-state index >= 15 is 0 Å². The number of hydrogen-bond acceptors (Lipinski definition) is 9. The van der Waals surface area contributed by atoms with Crippen molar-refractivity contribution < 1.29 is 9.47 Å². The molecule has 0 saturated carbocycles. The lowest BCUT2D eigenvalue weighted by Crippen LogP contribution is -2.25. The van der Waals surface area contributed by atoms with Gasteiger partial charge in [0.05, 0.1) is 14.2 Å². The van der Waals surface area contributed by atoms with Crippen molar-refractivity contribution >= 4 is 29.1 Å². The first-order valence-electron chi connectivity index (χ1n) is 8.67. The molecule has 2 heterocycles. The van der Waals surface area contributed by atoms with Gasteiger partial charge in [-0.25, -0.2) is 0 Å². The van der Waals surface area contributed by atoms with Crippen LogP contribution in [0.2, 0.25) is 0 Å². The van der Waals surface area contributed by atoms with Gasteiger partial charge < -0.3 is 9.47 Å². The second kappa shape index (κ2) is 9.21. The van der Waals surface area contributed by atoms with Crippen LogP contribution in [0.5, 0.6) is 11.5 Å². The van der Waals surface area contributed by atoms with Crippen LogP contribution in [0.1, 0.15) is 5.56 Å². The van der Waals surface area contributed by atoms with Gasteiger partial charge in [0.25, 0.3) is 0 Å². The second-order valence-electron chi connectivity index (χ2n) is 6.18. The number of hydrogen-bond donors (Lipinski definition) is 2. The summed E-state index contributed by atoms with van der Waals surface area (Å²) in [7, 11) is 7.08. The third kappa shape index (κ3) is 4.84. The molecule has 0 radical (unpaired) electrons. The van der Waals surface area contributed by atoms with Crippen LogP contribution in [0, 0.1) is 10.8 Å². The Hall–Kier alpha value is -2.69. The number of nitrogens with one attached hydrogen (secondary N) is 2. The van der Waals surface area contributed by atoms with Crippen LogP contribution in [0.25, 0.3) is 10.7 Å². The molecule has 3 aromatic rings. The van der Waals surface area contributed by atoms with Gasteiger partial charge in [0.1, 0.15) is 11.5 Å². The molecule has 1 aromatic carbocycles. The van der Waals surface area contributed by atoms with Crippen LogP contribution in [0.4, 0.5) is 0 Å². The molecular weight excluding hydrogens is 408 g/mol. The summed E-state index contributed by atoms with van der Waals surface area (Å²) in [5, 5.41) is 21.8. The van der Waals surface area contributed by atoms with E-state index in [4.69, 9.17) is 20.3 Å². The van der Waals surface area contributed by atoms with E-state index in [2.05, 4.69) is 10.1 Å². The summed E-state index contributed by atoms with van der Waals surface area (Å²) in [4.78, 5) is 5.40. The molecule has 0 aliphatic rings. The molecule has 0 fully saturated rings. The van der Waals surface area contributed by atoms with Crippen LogP contribution in [0.15, 0.2) is 41.4 Å². The molecule has 0 saturated heterocycles. The number of benzene rings is 1. The summed E-state index contributed by atoms with van der Waals surface area (Å²) in [6.07, 6.45) is 1.98. The minimum atomic E-state index is 0.179. The maximum atomic E-state index is 8.56. The van der Waals surface area contributed by atoms with Gasteiger partial charge in [-0.15, -0.1) is 0 Å². The molecule has 0 amide bonds. The summed E-state index contributed by atoms with van der Waals surface area (Å²) < 4.78 is 14.2. The summed E-state index contributed by atoms with van der Waals surface area (Å²) in [5.41, 5.74) is 1.58. The summed E-state index contributed by atoms with van der Waals surface area (Å²) in [6, 6.07) is 9.31. The Kier molecular flexibility index (Phi) is 6.68. The van der Waals surface area contributed by atoms with Crippen LogP contribution in [-0.2, 0) is 6.42 Å². The van der Waals surface area contributed by atoms with E-state index in [-0.39, 0.29) is 10.6 Å². The topological polar surface area (TPSA) is 100 Å². The fourth-order valence-electron chi connectivity index (χ4n) is 2.64. The maximum Gasteiger partial charge on any atom is 0.206 e. The predicted octanol–water partition coefficient (Wildman–Crippen LogP) is 3.14. The first-order valence-corrected chi connectivity index (χ1v) is 10.3. The van der Waals surface area contributed by atoms with Gasteiger partial charge in [-0.2, -0.15) is 9.78 Å². The predicted molar refractivity (Wildman–Crippen MR) is 115 cm³/mol. The molecule has 8 nitrogen and oxygen atoms in total. The normalized spacial score (nSPS) is 10.9. The summed E-state index contributed by atoms with van der Waals surface area (Å²) in [5.74, 6) is 1.43. The smallest absolute Gasteiger partial charge is 0.206 e. The van der Waals surface area contributed by atoms with Gasteiger partial charge >= 0.3 is 0 Å². The SMILES string of the molecule is COc1cc(CC(=N)n2nc(-c3ccccn3)sc2=N)c(SN(C)C)cc1OC. The van der Waals surface area contributed by atoms with Crippen LogP contribution >= 0.6 is 23.3 Å². The zero-order chi connectivity index (χ0) is 21.0. The zero-order valence-corrected chi connectivity index (χ0v) is 18.2. The number of pyridine rings is 1. The Labute approximate surface area is 177 Å². The highest BCUT2D eigenvalue weighted by Crippen LogP contribution is 2.36. The standard InChI is InChI=1S/C19H22N6O2S2/c1-24(2)29-16-11-15(27-4)14(26-3)9-12(16)10-17(20)25-19(21)28-18(23-25)13-7-5-6-8-22-13/h5-9,11,20-21H,10H2,1-4H3. The van der Waals surface area contributed by atoms with E-state index in [0.717, 1.165) is 10.5 Å². The van der Waals surface area contributed by atoms with E-state index in [1.165, 1.54) is 28.0 Å². The monoisotopic (exact) mass is 430 g/mol. The lowest BCUT2D eigenvalue weighted by atomic mass is 10.1. The number of nitrogens with zero attached hydrogens (tertiary/aromatic N) is 4. The minimum absolute atomic E-state index is 0.179. The van der Waals surface area contributed by atoms with E-state index in [1.807, 2.05) is 48.7 Å². The van der Waals surface area contributed by atoms with Crippen LogP contribution in [0.3, 0.4) is 0 Å². The number of rotatable bonds is 7. The van der Waals surface area contributed by atoms with Crippen molar-refractivity contribution in [2.75, 3.05) is 28.3 Å². The highest BCUT2D eigenvalue weighted by molar-refractivity contribution is 7.97. The molecule has 152 valence electrons. The van der Waals surface area contributed by atoms with Gasteiger partial charge in [-0.3, -0.25) is 20.1 Å². The van der Waals surface area contributed by atoms with Crippen LogP contribution < -0.4 is 14.3 Å². The third-order valence-corrected chi connectivity index (χ3v) is 5.71. The molecule has 0 spiro atoms. The third-order valence-electron chi connectivity index (χ3n) is 3.92. The number of aromatic nitrogens is 3. The molecule has 0 bridgehead atoms. The summed E-state index contributed by atoms with van der Waals surface area (Å²) in [6.45, 7) is 0. The zero-order valence-electron chi connectivity index (χ0n) is 16.6. The molecule has 3 rings (SSSR count). The molecule has 2 N–H and O–H groups in total.